The molecule has 0 aliphatic rings. The van der Waals surface area contributed by atoms with Gasteiger partial charge in [-0.05, 0) is 36.8 Å². The lowest BCUT2D eigenvalue weighted by molar-refractivity contribution is -0.148. The third-order valence-corrected chi connectivity index (χ3v) is 4.10. The molecule has 2 aromatic carbocycles. The van der Waals surface area contributed by atoms with Crippen molar-refractivity contribution in [1.29, 1.82) is 0 Å². The van der Waals surface area contributed by atoms with E-state index in [2.05, 4.69) is 5.32 Å². The van der Waals surface area contributed by atoms with Gasteiger partial charge in [0.1, 0.15) is 5.82 Å². The molecule has 7 heteroatoms. The van der Waals surface area contributed by atoms with Crippen molar-refractivity contribution in [3.63, 3.8) is 0 Å². The fourth-order valence-electron chi connectivity index (χ4n) is 2.16. The maximum atomic E-state index is 13.6. The zero-order valence-electron chi connectivity index (χ0n) is 13.4. The number of benzene rings is 2. The van der Waals surface area contributed by atoms with E-state index in [1.165, 1.54) is 18.2 Å². The topological polar surface area (TPSA) is 55.4 Å². The molecule has 0 saturated carbocycles. The van der Waals surface area contributed by atoms with Crippen molar-refractivity contribution in [1.82, 2.24) is 5.32 Å². The van der Waals surface area contributed by atoms with Crippen LogP contribution in [0.1, 0.15) is 24.1 Å². The highest BCUT2D eigenvalue weighted by Crippen LogP contribution is 2.20. The minimum Gasteiger partial charge on any atom is -0.455 e. The molecule has 0 bridgehead atoms. The second kappa shape index (κ2) is 8.83. The van der Waals surface area contributed by atoms with Gasteiger partial charge in [-0.1, -0.05) is 41.4 Å². The number of hydrogen-bond acceptors (Lipinski definition) is 3. The highest BCUT2D eigenvalue weighted by atomic mass is 35.5. The number of carbonyl (C=O) groups is 2. The van der Waals surface area contributed by atoms with E-state index in [1.54, 1.807) is 31.2 Å². The number of amides is 1. The first kappa shape index (κ1) is 19.2. The Morgan fingerprint density at radius 2 is 1.84 bits per heavy atom. The molecule has 1 atom stereocenters. The van der Waals surface area contributed by atoms with Crippen LogP contribution in [0.5, 0.6) is 0 Å². The summed E-state index contributed by atoms with van der Waals surface area (Å²) in [6, 6.07) is 10.9. The quantitative estimate of drug-likeness (QED) is 0.764. The van der Waals surface area contributed by atoms with Crippen LogP contribution in [0.4, 0.5) is 4.39 Å². The Kier molecular flexibility index (Phi) is 6.79. The van der Waals surface area contributed by atoms with E-state index in [0.717, 1.165) is 5.56 Å². The van der Waals surface area contributed by atoms with Crippen molar-refractivity contribution in [3.8, 4) is 0 Å². The molecule has 0 aliphatic heterocycles. The zero-order valence-corrected chi connectivity index (χ0v) is 14.9. The second-order valence-corrected chi connectivity index (χ2v) is 6.22. The van der Waals surface area contributed by atoms with Crippen molar-refractivity contribution in [2.45, 2.75) is 19.4 Å². The fourth-order valence-corrected chi connectivity index (χ4v) is 2.52. The number of halogens is 3. The van der Waals surface area contributed by atoms with Crippen LogP contribution in [0, 0.1) is 5.82 Å². The Labute approximate surface area is 154 Å². The molecule has 4 nitrogen and oxygen atoms in total. The lowest BCUT2D eigenvalue weighted by Gasteiger charge is -2.14. The van der Waals surface area contributed by atoms with Crippen molar-refractivity contribution in [2.75, 3.05) is 6.61 Å². The SMILES string of the molecule is C[C@@H](NC(=O)COC(=O)Cc1c(F)cccc1Cl)c1ccc(Cl)cc1. The predicted octanol–water partition coefficient (Wildman–Crippen LogP) is 4.10. The summed E-state index contributed by atoms with van der Waals surface area (Å²) in [7, 11) is 0. The average Bonchev–Trinajstić information content (AvgIpc) is 2.57. The molecule has 25 heavy (non-hydrogen) atoms. The van der Waals surface area contributed by atoms with Crippen LogP contribution in [0.25, 0.3) is 0 Å². The van der Waals surface area contributed by atoms with Crippen LogP contribution in [0.2, 0.25) is 10.0 Å². The highest BCUT2D eigenvalue weighted by Gasteiger charge is 2.15. The van der Waals surface area contributed by atoms with E-state index >= 15 is 0 Å². The lowest BCUT2D eigenvalue weighted by atomic mass is 10.1. The van der Waals surface area contributed by atoms with Crippen LogP contribution < -0.4 is 5.32 Å². The first-order valence-electron chi connectivity index (χ1n) is 7.50. The summed E-state index contributed by atoms with van der Waals surface area (Å²) in [5.74, 6) is -1.79. The number of ether oxygens (including phenoxy) is 1. The molecule has 132 valence electrons. The third-order valence-electron chi connectivity index (χ3n) is 3.49. The molecule has 1 N–H and O–H groups in total. The molecule has 0 saturated heterocycles. The van der Waals surface area contributed by atoms with Gasteiger partial charge >= 0.3 is 5.97 Å². The van der Waals surface area contributed by atoms with Gasteiger partial charge in [0, 0.05) is 15.6 Å². The van der Waals surface area contributed by atoms with Crippen LogP contribution in [-0.2, 0) is 20.7 Å². The zero-order chi connectivity index (χ0) is 18.4. The van der Waals surface area contributed by atoms with Crippen LogP contribution in [-0.4, -0.2) is 18.5 Å². The summed E-state index contributed by atoms with van der Waals surface area (Å²) in [4.78, 5) is 23.6. The lowest BCUT2D eigenvalue weighted by Crippen LogP contribution is -2.31. The molecule has 1 amide bonds. The van der Waals surface area contributed by atoms with Crippen LogP contribution in [0.3, 0.4) is 0 Å². The Morgan fingerprint density at radius 3 is 2.48 bits per heavy atom. The monoisotopic (exact) mass is 383 g/mol. The molecule has 0 spiro atoms. The van der Waals surface area contributed by atoms with Crippen molar-refractivity contribution in [3.05, 3.63) is 69.5 Å². The fraction of sp³-hybridized carbons (Fsp3) is 0.222. The Balaban J connectivity index is 1.83. The van der Waals surface area contributed by atoms with Gasteiger partial charge in [-0.2, -0.15) is 0 Å². The summed E-state index contributed by atoms with van der Waals surface area (Å²) < 4.78 is 18.5. The maximum Gasteiger partial charge on any atom is 0.310 e. The number of esters is 1. The minimum absolute atomic E-state index is 0.0455. The highest BCUT2D eigenvalue weighted by molar-refractivity contribution is 6.31. The van der Waals surface area contributed by atoms with Gasteiger partial charge in [-0.3, -0.25) is 9.59 Å². The molecular formula is C18H16Cl2FNO3. The second-order valence-electron chi connectivity index (χ2n) is 5.38. The van der Waals surface area contributed by atoms with E-state index in [4.69, 9.17) is 27.9 Å². The molecule has 0 aliphatic carbocycles. The smallest absolute Gasteiger partial charge is 0.310 e. The Bertz CT molecular complexity index is 745. The number of carbonyl (C=O) groups excluding carboxylic acids is 2. The van der Waals surface area contributed by atoms with Crippen molar-refractivity contribution < 1.29 is 18.7 Å². The maximum absolute atomic E-state index is 13.6. The third kappa shape index (κ3) is 5.73. The molecular weight excluding hydrogens is 368 g/mol. The summed E-state index contributed by atoms with van der Waals surface area (Å²) in [5, 5.41) is 3.44. The molecule has 0 heterocycles. The van der Waals surface area contributed by atoms with Crippen LogP contribution in [0.15, 0.2) is 42.5 Å². The van der Waals surface area contributed by atoms with Gasteiger partial charge in [0.2, 0.25) is 0 Å². The number of nitrogens with one attached hydrogen (secondary N) is 1. The van der Waals surface area contributed by atoms with Gasteiger partial charge in [-0.15, -0.1) is 0 Å². The number of hydrogen-bond donors (Lipinski definition) is 1. The summed E-state index contributed by atoms with van der Waals surface area (Å²) in [6.07, 6.45) is -0.342. The molecule has 0 aromatic heterocycles. The van der Waals surface area contributed by atoms with Crippen molar-refractivity contribution in [2.24, 2.45) is 0 Å². The first-order valence-corrected chi connectivity index (χ1v) is 8.25. The molecule has 0 radical (unpaired) electrons. The molecule has 2 rings (SSSR count). The van der Waals surface area contributed by atoms with Gasteiger partial charge in [0.15, 0.2) is 6.61 Å². The largest absolute Gasteiger partial charge is 0.455 e. The minimum atomic E-state index is -0.735. The predicted molar refractivity (Wildman–Crippen MR) is 94.1 cm³/mol. The van der Waals surface area contributed by atoms with E-state index in [9.17, 15) is 14.0 Å². The van der Waals surface area contributed by atoms with Crippen molar-refractivity contribution >= 4 is 35.1 Å². The molecule has 0 fully saturated rings. The average molecular weight is 384 g/mol. The molecule has 2 aromatic rings. The normalized spacial score (nSPS) is 11.7. The standard InChI is InChI=1S/C18H16Cl2FNO3/c1-11(12-5-7-13(19)8-6-12)22-17(23)10-25-18(24)9-14-15(20)3-2-4-16(14)21/h2-8,11H,9-10H2,1H3,(H,22,23)/t11-/m1/s1. The van der Waals surface area contributed by atoms with E-state index in [-0.39, 0.29) is 23.0 Å². The van der Waals surface area contributed by atoms with Gasteiger partial charge < -0.3 is 10.1 Å². The number of rotatable bonds is 6. The summed E-state index contributed by atoms with van der Waals surface area (Å²) >= 11 is 11.7. The van der Waals surface area contributed by atoms with Gasteiger partial charge in [0.25, 0.3) is 5.91 Å². The van der Waals surface area contributed by atoms with Gasteiger partial charge in [-0.25, -0.2) is 4.39 Å². The summed E-state index contributed by atoms with van der Waals surface area (Å²) in [6.45, 7) is 1.34. The Morgan fingerprint density at radius 1 is 1.16 bits per heavy atom. The summed E-state index contributed by atoms with van der Waals surface area (Å²) in [5.41, 5.74) is 0.909. The van der Waals surface area contributed by atoms with Gasteiger partial charge in [0.05, 0.1) is 12.5 Å². The van der Waals surface area contributed by atoms with Crippen LogP contribution >= 0.6 is 23.2 Å². The molecule has 0 unspecified atom stereocenters. The Hall–Kier alpha value is -2.11. The van der Waals surface area contributed by atoms with E-state index < -0.39 is 24.3 Å². The van der Waals surface area contributed by atoms with E-state index in [0.29, 0.717) is 5.02 Å². The van der Waals surface area contributed by atoms with E-state index in [1.807, 2.05) is 0 Å². The first-order chi connectivity index (χ1) is 11.9.